The van der Waals surface area contributed by atoms with E-state index in [-0.39, 0.29) is 39.9 Å². The molecule has 1 aromatic carbocycles. The maximum atomic E-state index is 14.7. The summed E-state index contributed by atoms with van der Waals surface area (Å²) in [6.45, 7) is 1.74. The molecule has 0 saturated carbocycles. The number of aromatic nitrogens is 4. The van der Waals surface area contributed by atoms with Crippen molar-refractivity contribution in [3.8, 4) is 0 Å². The second-order valence-electron chi connectivity index (χ2n) is 6.59. The first-order chi connectivity index (χ1) is 14.3. The monoisotopic (exact) mass is 450 g/mol. The Balaban J connectivity index is 2.03. The smallest absolute Gasteiger partial charge is 0.348 e. The first kappa shape index (κ1) is 20.3. The Hall–Kier alpha value is -2.98. The lowest BCUT2D eigenvalue weighted by Crippen LogP contribution is -2.37. The van der Waals surface area contributed by atoms with Gasteiger partial charge in [0, 0.05) is 29.7 Å². The van der Waals surface area contributed by atoms with Crippen LogP contribution in [-0.2, 0) is 25.4 Å². The predicted molar refractivity (Wildman–Crippen MR) is 112 cm³/mol. The van der Waals surface area contributed by atoms with Crippen LogP contribution in [-0.4, -0.2) is 31.3 Å². The molecule has 0 unspecified atom stereocenters. The highest BCUT2D eigenvalue weighted by molar-refractivity contribution is 7.21. The van der Waals surface area contributed by atoms with E-state index < -0.39 is 23.0 Å². The molecule has 4 rings (SSSR count). The summed E-state index contributed by atoms with van der Waals surface area (Å²) in [4.78, 5) is 41.9. The summed E-state index contributed by atoms with van der Waals surface area (Å²) in [6.07, 6.45) is 0. The van der Waals surface area contributed by atoms with Gasteiger partial charge in [-0.05, 0) is 30.7 Å². The SMILES string of the molecule is CCOC(=O)c1sc2cccc(F)c2c1Cn1c(Cl)nc2c1c(=O)n(C)c(=O)n2C. The molecule has 0 aliphatic carbocycles. The first-order valence-corrected chi connectivity index (χ1v) is 10.1. The zero-order chi connectivity index (χ0) is 21.7. The van der Waals surface area contributed by atoms with Crippen LogP contribution in [0.1, 0.15) is 22.2 Å². The maximum absolute atomic E-state index is 14.7. The number of ether oxygens (including phenoxy) is 1. The van der Waals surface area contributed by atoms with Crippen LogP contribution in [0.5, 0.6) is 0 Å². The molecule has 0 aliphatic heterocycles. The van der Waals surface area contributed by atoms with Gasteiger partial charge in [0.1, 0.15) is 10.7 Å². The maximum Gasteiger partial charge on any atom is 0.348 e. The van der Waals surface area contributed by atoms with Crippen LogP contribution in [0.3, 0.4) is 0 Å². The highest BCUT2D eigenvalue weighted by atomic mass is 35.5. The molecule has 0 atom stereocenters. The molecule has 11 heteroatoms. The van der Waals surface area contributed by atoms with Crippen LogP contribution < -0.4 is 11.2 Å². The lowest BCUT2D eigenvalue weighted by Gasteiger charge is -2.09. The number of esters is 1. The topological polar surface area (TPSA) is 88.1 Å². The number of hydrogen-bond acceptors (Lipinski definition) is 6. The van der Waals surface area contributed by atoms with Gasteiger partial charge in [-0.25, -0.2) is 14.0 Å². The van der Waals surface area contributed by atoms with E-state index in [1.54, 1.807) is 19.1 Å². The van der Waals surface area contributed by atoms with Crippen molar-refractivity contribution in [1.82, 2.24) is 18.7 Å². The van der Waals surface area contributed by atoms with Gasteiger partial charge < -0.3 is 9.30 Å². The molecule has 0 fully saturated rings. The molecule has 156 valence electrons. The number of benzene rings is 1. The van der Waals surface area contributed by atoms with Gasteiger partial charge in [0.2, 0.25) is 5.28 Å². The average Bonchev–Trinajstić information content (AvgIpc) is 3.25. The van der Waals surface area contributed by atoms with Crippen molar-refractivity contribution < 1.29 is 13.9 Å². The van der Waals surface area contributed by atoms with Gasteiger partial charge in [0.25, 0.3) is 5.56 Å². The fourth-order valence-electron chi connectivity index (χ4n) is 3.40. The molecule has 30 heavy (non-hydrogen) atoms. The summed E-state index contributed by atoms with van der Waals surface area (Å²) in [5.74, 6) is -1.09. The molecule has 0 saturated heterocycles. The van der Waals surface area contributed by atoms with Crippen LogP contribution in [0, 0.1) is 5.82 Å². The molecule has 3 aromatic heterocycles. The molecule has 0 spiro atoms. The summed E-state index contributed by atoms with van der Waals surface area (Å²) >= 11 is 7.40. The minimum atomic E-state index is -0.592. The molecule has 0 N–H and O–H groups in total. The van der Waals surface area contributed by atoms with E-state index in [1.165, 1.54) is 29.3 Å². The summed E-state index contributed by atoms with van der Waals surface area (Å²) in [5.41, 5.74) is -0.622. The molecular formula is C19H16ClFN4O4S. The first-order valence-electron chi connectivity index (χ1n) is 8.95. The van der Waals surface area contributed by atoms with Crippen molar-refractivity contribution in [3.63, 3.8) is 0 Å². The molecule has 0 bridgehead atoms. The van der Waals surface area contributed by atoms with Gasteiger partial charge in [-0.3, -0.25) is 13.9 Å². The molecule has 0 radical (unpaired) electrons. The predicted octanol–water partition coefficient (Wildman–Crippen LogP) is 2.67. The van der Waals surface area contributed by atoms with Crippen molar-refractivity contribution in [1.29, 1.82) is 0 Å². The number of carbonyl (C=O) groups excluding carboxylic acids is 1. The second kappa shape index (κ2) is 7.37. The third-order valence-electron chi connectivity index (χ3n) is 4.84. The minimum Gasteiger partial charge on any atom is -0.462 e. The van der Waals surface area contributed by atoms with Crippen molar-refractivity contribution in [2.45, 2.75) is 13.5 Å². The number of carbonyl (C=O) groups is 1. The van der Waals surface area contributed by atoms with E-state index in [2.05, 4.69) is 4.98 Å². The normalized spacial score (nSPS) is 11.5. The van der Waals surface area contributed by atoms with Crippen molar-refractivity contribution in [2.24, 2.45) is 14.1 Å². The molecule has 4 aromatic rings. The Morgan fingerprint density at radius 2 is 2.00 bits per heavy atom. The van der Waals surface area contributed by atoms with Crippen LogP contribution in [0.4, 0.5) is 4.39 Å². The third kappa shape index (κ3) is 2.94. The van der Waals surface area contributed by atoms with Crippen molar-refractivity contribution in [2.75, 3.05) is 6.61 Å². The lowest BCUT2D eigenvalue weighted by atomic mass is 10.1. The van der Waals surface area contributed by atoms with Gasteiger partial charge in [-0.2, -0.15) is 4.98 Å². The van der Waals surface area contributed by atoms with Crippen LogP contribution in [0.15, 0.2) is 27.8 Å². The highest BCUT2D eigenvalue weighted by Gasteiger charge is 2.25. The second-order valence-corrected chi connectivity index (χ2v) is 7.98. The zero-order valence-corrected chi connectivity index (χ0v) is 17.8. The summed E-state index contributed by atoms with van der Waals surface area (Å²) in [7, 11) is 2.82. The van der Waals surface area contributed by atoms with E-state index in [0.29, 0.717) is 10.3 Å². The van der Waals surface area contributed by atoms with Crippen LogP contribution in [0.2, 0.25) is 5.28 Å². The number of nitrogens with zero attached hydrogens (tertiary/aromatic N) is 4. The number of fused-ring (bicyclic) bond motifs is 2. The lowest BCUT2D eigenvalue weighted by molar-refractivity contribution is 0.0531. The van der Waals surface area contributed by atoms with Gasteiger partial charge in [0.05, 0.1) is 13.2 Å². The number of aryl methyl sites for hydroxylation is 1. The van der Waals surface area contributed by atoms with Crippen molar-refractivity contribution >= 4 is 50.2 Å². The molecule has 0 aliphatic rings. The zero-order valence-electron chi connectivity index (χ0n) is 16.2. The number of imidazole rings is 1. The van der Waals surface area contributed by atoms with Crippen molar-refractivity contribution in [3.05, 3.63) is 60.6 Å². The van der Waals surface area contributed by atoms with Gasteiger partial charge in [0.15, 0.2) is 11.2 Å². The van der Waals surface area contributed by atoms with Crippen LogP contribution >= 0.6 is 22.9 Å². The number of hydrogen-bond donors (Lipinski definition) is 0. The summed E-state index contributed by atoms with van der Waals surface area (Å²) < 4.78 is 23.9. The van der Waals surface area contributed by atoms with E-state index in [0.717, 1.165) is 15.9 Å². The average molecular weight is 451 g/mol. The van der Waals surface area contributed by atoms with Gasteiger partial charge in [-0.1, -0.05) is 6.07 Å². The Kier molecular flexibility index (Phi) is 4.99. The highest BCUT2D eigenvalue weighted by Crippen LogP contribution is 2.35. The van der Waals surface area contributed by atoms with E-state index in [1.807, 2.05) is 0 Å². The number of thiophene rings is 1. The van der Waals surface area contributed by atoms with E-state index in [9.17, 15) is 18.8 Å². The standard InChI is InChI=1S/C19H16ClFN4O4S/c1-4-29-17(27)14-9(12-10(21)6-5-7-11(12)30-14)8-25-13-15(22-18(25)20)23(2)19(28)24(3)16(13)26/h5-7H,4,8H2,1-3H3. The van der Waals surface area contributed by atoms with E-state index >= 15 is 0 Å². The number of halogens is 2. The molecule has 8 nitrogen and oxygen atoms in total. The molecular weight excluding hydrogens is 435 g/mol. The fourth-order valence-corrected chi connectivity index (χ4v) is 4.75. The van der Waals surface area contributed by atoms with E-state index in [4.69, 9.17) is 16.3 Å². The molecule has 3 heterocycles. The quantitative estimate of drug-likeness (QED) is 0.352. The Bertz CT molecular complexity index is 1450. The fraction of sp³-hybridized carbons (Fsp3) is 0.263. The summed E-state index contributed by atoms with van der Waals surface area (Å²) in [5, 5.41) is 0.193. The van der Waals surface area contributed by atoms with Crippen LogP contribution in [0.25, 0.3) is 21.3 Å². The summed E-state index contributed by atoms with van der Waals surface area (Å²) in [6, 6.07) is 4.55. The molecule has 0 amide bonds. The Labute approximate surface area is 177 Å². The largest absolute Gasteiger partial charge is 0.462 e. The van der Waals surface area contributed by atoms with Gasteiger partial charge >= 0.3 is 11.7 Å². The number of rotatable bonds is 4. The van der Waals surface area contributed by atoms with Gasteiger partial charge in [-0.15, -0.1) is 11.3 Å². The third-order valence-corrected chi connectivity index (χ3v) is 6.31. The Morgan fingerprint density at radius 1 is 1.27 bits per heavy atom. The minimum absolute atomic E-state index is 0.0613. The Morgan fingerprint density at radius 3 is 2.70 bits per heavy atom.